The van der Waals surface area contributed by atoms with E-state index in [0.29, 0.717) is 24.3 Å². The number of anilines is 2. The topological polar surface area (TPSA) is 97.2 Å². The molecule has 2 atom stereocenters. The van der Waals surface area contributed by atoms with Gasteiger partial charge in [0.25, 0.3) is 5.91 Å². The number of piperazine rings is 1. The van der Waals surface area contributed by atoms with Gasteiger partial charge in [-0.1, -0.05) is 25.2 Å². The van der Waals surface area contributed by atoms with Crippen molar-refractivity contribution >= 4 is 29.0 Å². The highest BCUT2D eigenvalue weighted by molar-refractivity contribution is 5.94. The van der Waals surface area contributed by atoms with Gasteiger partial charge in [-0.2, -0.15) is 0 Å². The van der Waals surface area contributed by atoms with Gasteiger partial charge in [0, 0.05) is 87.8 Å². The van der Waals surface area contributed by atoms with Gasteiger partial charge in [0.15, 0.2) is 0 Å². The van der Waals surface area contributed by atoms with Crippen molar-refractivity contribution in [1.82, 2.24) is 29.8 Å². The first-order valence-electron chi connectivity index (χ1n) is 19.2. The van der Waals surface area contributed by atoms with E-state index in [9.17, 15) is 9.59 Å². The Balaban J connectivity index is 0.922. The molecular weight excluding hydrogens is 649 g/mol. The third-order valence-corrected chi connectivity index (χ3v) is 12.0. The van der Waals surface area contributed by atoms with E-state index in [4.69, 9.17) is 0 Å². The molecule has 52 heavy (non-hydrogen) atoms. The molecule has 3 N–H and O–H groups in total. The lowest BCUT2D eigenvalue weighted by molar-refractivity contribution is -0.162. The second-order valence-electron chi connectivity index (χ2n) is 15.1. The fourth-order valence-corrected chi connectivity index (χ4v) is 8.58. The number of urea groups is 1. The highest BCUT2D eigenvalue weighted by Crippen LogP contribution is 2.63. The highest BCUT2D eigenvalue weighted by Gasteiger charge is 2.58. The standard InChI is InChI=1S/C42H50N8O2/c1-30-36-27-37(30)38(36)29-48-21-23-49(24-22-48)39-12-11-35(46-42(52)45-28-32-13-18-50-20-15-43-40(50)25-32)26-34(39)10-7-31-5-8-33(9-6-31)41(51)44-14-19-47-16-3-2-4-17-47/h5-6,8-9,11-13,15,18,20,25-26,30,36-38H,2-4,14,16-17,19,21-24,27-29H2,1H3,(H,44,51)(H2,45,46,52). The zero-order valence-corrected chi connectivity index (χ0v) is 30.2. The number of rotatable bonds is 10. The molecule has 2 aliphatic heterocycles. The second kappa shape index (κ2) is 15.4. The fraction of sp³-hybridized carbons (Fsp3) is 0.452. The van der Waals surface area contributed by atoms with E-state index in [1.54, 1.807) is 6.20 Å². The molecule has 3 amide bonds. The van der Waals surface area contributed by atoms with Gasteiger partial charge in [0.2, 0.25) is 0 Å². The van der Waals surface area contributed by atoms with Crippen molar-refractivity contribution in [2.24, 2.45) is 23.7 Å². The zero-order valence-electron chi connectivity index (χ0n) is 30.2. The molecule has 4 heterocycles. The van der Waals surface area contributed by atoms with Crippen LogP contribution in [0.5, 0.6) is 0 Å². The molecular formula is C42H50N8O2. The number of fused-ring (bicyclic) bond motifs is 1. The predicted octanol–water partition coefficient (Wildman–Crippen LogP) is 5.30. The van der Waals surface area contributed by atoms with E-state index in [1.165, 1.54) is 32.2 Å². The lowest BCUT2D eigenvalue weighted by atomic mass is 9.42. The van der Waals surface area contributed by atoms with Crippen LogP contribution in [0, 0.1) is 35.5 Å². The van der Waals surface area contributed by atoms with Crippen molar-refractivity contribution < 1.29 is 9.59 Å². The van der Waals surface area contributed by atoms with Crippen LogP contribution in [-0.2, 0) is 6.54 Å². The maximum Gasteiger partial charge on any atom is 0.319 e. The molecule has 2 saturated heterocycles. The molecule has 0 radical (unpaired) electrons. The first-order chi connectivity index (χ1) is 25.5. The number of hydrogen-bond donors (Lipinski definition) is 3. The summed E-state index contributed by atoms with van der Waals surface area (Å²) in [5.74, 6) is 10.5. The number of amides is 3. The molecule has 5 aliphatic rings. The number of pyridine rings is 1. The molecule has 270 valence electrons. The van der Waals surface area contributed by atoms with Gasteiger partial charge in [-0.05, 0) is 116 Å². The summed E-state index contributed by atoms with van der Waals surface area (Å²) < 4.78 is 1.94. The lowest BCUT2D eigenvalue weighted by Gasteiger charge is -2.65. The van der Waals surface area contributed by atoms with Crippen molar-refractivity contribution in [3.05, 3.63) is 95.4 Å². The largest absolute Gasteiger partial charge is 0.368 e. The molecule has 10 nitrogen and oxygen atoms in total. The second-order valence-corrected chi connectivity index (χ2v) is 15.1. The van der Waals surface area contributed by atoms with E-state index < -0.39 is 0 Å². The predicted molar refractivity (Wildman–Crippen MR) is 205 cm³/mol. The summed E-state index contributed by atoms with van der Waals surface area (Å²) in [6.45, 7) is 11.8. The maximum atomic E-state index is 13.0. The zero-order chi connectivity index (χ0) is 35.4. The Morgan fingerprint density at radius 1 is 0.846 bits per heavy atom. The van der Waals surface area contributed by atoms with Gasteiger partial charge >= 0.3 is 6.03 Å². The van der Waals surface area contributed by atoms with Crippen LogP contribution in [0.1, 0.15) is 59.7 Å². The van der Waals surface area contributed by atoms with Gasteiger partial charge in [-0.3, -0.25) is 9.69 Å². The van der Waals surface area contributed by atoms with Crippen LogP contribution in [-0.4, -0.2) is 90.0 Å². The van der Waals surface area contributed by atoms with E-state index >= 15 is 0 Å². The first kappa shape index (κ1) is 34.2. The minimum absolute atomic E-state index is 0.0547. The van der Waals surface area contributed by atoms with Crippen LogP contribution in [0.25, 0.3) is 5.65 Å². The Labute approximate surface area is 307 Å². The van der Waals surface area contributed by atoms with Gasteiger partial charge in [0.1, 0.15) is 5.65 Å². The molecule has 2 bridgehead atoms. The van der Waals surface area contributed by atoms with E-state index in [2.05, 4.69) is 60.5 Å². The SMILES string of the molecule is CC1C2CC1C2CN1CCN(c2ccc(NC(=O)NCc3ccn4ccnc4c3)cc2C#Cc2ccc(C(=O)NCCN3CCCCC3)cc2)CC1. The minimum atomic E-state index is -0.281. The number of piperidine rings is 1. The molecule has 2 unspecified atom stereocenters. The number of imidazole rings is 1. The molecule has 4 aromatic rings. The quantitative estimate of drug-likeness (QED) is 0.195. The summed E-state index contributed by atoms with van der Waals surface area (Å²) in [6.07, 6.45) is 10.8. The molecule has 0 spiro atoms. The smallest absolute Gasteiger partial charge is 0.319 e. The first-order valence-corrected chi connectivity index (χ1v) is 19.2. The molecule has 10 heteroatoms. The number of carbonyl (C=O) groups is 2. The minimum Gasteiger partial charge on any atom is -0.368 e. The number of aromatic nitrogens is 2. The third kappa shape index (κ3) is 7.67. The normalized spacial score (nSPS) is 22.8. The molecule has 5 fully saturated rings. The van der Waals surface area contributed by atoms with Crippen molar-refractivity contribution in [3.63, 3.8) is 0 Å². The van der Waals surface area contributed by atoms with E-state index in [-0.39, 0.29) is 11.9 Å². The van der Waals surface area contributed by atoms with E-state index in [0.717, 1.165) is 97.5 Å². The van der Waals surface area contributed by atoms with Gasteiger partial charge < -0.3 is 30.2 Å². The summed E-state index contributed by atoms with van der Waals surface area (Å²) in [5.41, 5.74) is 5.91. The summed E-state index contributed by atoms with van der Waals surface area (Å²) in [6, 6.07) is 17.2. The molecule has 2 aromatic heterocycles. The maximum absolute atomic E-state index is 13.0. The van der Waals surface area contributed by atoms with Crippen LogP contribution in [0.2, 0.25) is 0 Å². The number of carbonyl (C=O) groups excluding carboxylic acids is 2. The summed E-state index contributed by atoms with van der Waals surface area (Å²) >= 11 is 0. The molecule has 3 saturated carbocycles. The number of benzene rings is 2. The van der Waals surface area contributed by atoms with Crippen LogP contribution in [0.15, 0.2) is 73.2 Å². The van der Waals surface area contributed by atoms with Crippen molar-refractivity contribution in [1.29, 1.82) is 0 Å². The van der Waals surface area contributed by atoms with Gasteiger partial charge in [-0.15, -0.1) is 0 Å². The van der Waals surface area contributed by atoms with Crippen molar-refractivity contribution in [2.75, 3.05) is 69.1 Å². The van der Waals surface area contributed by atoms with Crippen LogP contribution >= 0.6 is 0 Å². The summed E-state index contributed by atoms with van der Waals surface area (Å²) in [7, 11) is 0. The third-order valence-electron chi connectivity index (χ3n) is 12.0. The molecule has 2 aromatic carbocycles. The summed E-state index contributed by atoms with van der Waals surface area (Å²) in [4.78, 5) is 37.6. The Bertz CT molecular complexity index is 1940. The average molecular weight is 699 g/mol. The lowest BCUT2D eigenvalue weighted by Crippen LogP contribution is -2.62. The monoisotopic (exact) mass is 698 g/mol. The Kier molecular flexibility index (Phi) is 10.1. The van der Waals surface area contributed by atoms with Crippen molar-refractivity contribution in [3.8, 4) is 11.8 Å². The number of nitrogens with zero attached hydrogens (tertiary/aromatic N) is 5. The number of hydrogen-bond acceptors (Lipinski definition) is 6. The molecule has 9 rings (SSSR count). The summed E-state index contributed by atoms with van der Waals surface area (Å²) in [5, 5.41) is 9.05. The van der Waals surface area contributed by atoms with Crippen molar-refractivity contribution in [2.45, 2.75) is 39.2 Å². The Morgan fingerprint density at radius 3 is 2.42 bits per heavy atom. The Hall–Kier alpha value is -4.85. The highest BCUT2D eigenvalue weighted by atomic mass is 16.2. The van der Waals surface area contributed by atoms with Crippen LogP contribution < -0.4 is 20.9 Å². The van der Waals surface area contributed by atoms with Gasteiger partial charge in [0.05, 0.1) is 11.3 Å². The molecule has 3 aliphatic carbocycles. The van der Waals surface area contributed by atoms with Gasteiger partial charge in [-0.25, -0.2) is 9.78 Å². The average Bonchev–Trinajstić information content (AvgIpc) is 3.64. The fourth-order valence-electron chi connectivity index (χ4n) is 8.58. The van der Waals surface area contributed by atoms with Crippen LogP contribution in [0.4, 0.5) is 16.2 Å². The van der Waals surface area contributed by atoms with E-state index in [1.807, 2.05) is 65.3 Å². The number of likely N-dealkylation sites (tertiary alicyclic amines) is 1. The van der Waals surface area contributed by atoms with Crippen LogP contribution in [0.3, 0.4) is 0 Å². The number of nitrogens with one attached hydrogen (secondary N) is 3. The Morgan fingerprint density at radius 2 is 1.65 bits per heavy atom.